The summed E-state index contributed by atoms with van der Waals surface area (Å²) in [5, 5.41) is 5.86. The summed E-state index contributed by atoms with van der Waals surface area (Å²) < 4.78 is 1.20. The number of fused-ring (bicyclic) bond motifs is 1. The Hall–Kier alpha value is -1.33. The molecule has 0 bridgehead atoms. The van der Waals surface area contributed by atoms with Gasteiger partial charge >= 0.3 is 0 Å². The lowest BCUT2D eigenvalue weighted by Gasteiger charge is -2.04. The maximum Gasteiger partial charge on any atom is 0.234 e. The van der Waals surface area contributed by atoms with Crippen molar-refractivity contribution in [3.8, 4) is 0 Å². The van der Waals surface area contributed by atoms with Gasteiger partial charge in [-0.05, 0) is 35.0 Å². The monoisotopic (exact) mass is 265 g/mol. The first kappa shape index (κ1) is 12.1. The normalized spacial score (nSPS) is 10.4. The lowest BCUT2D eigenvalue weighted by atomic mass is 10.2. The molecule has 0 saturated heterocycles. The molecule has 88 valence electrons. The number of carbonyl (C=O) groups is 2. The number of anilines is 1. The number of benzene rings is 1. The lowest BCUT2D eigenvalue weighted by Crippen LogP contribution is -2.14. The second-order valence-corrected chi connectivity index (χ2v) is 5.60. The third-order valence-electron chi connectivity index (χ3n) is 2.14. The Labute approximate surface area is 107 Å². The van der Waals surface area contributed by atoms with Crippen LogP contribution in [-0.4, -0.2) is 16.8 Å². The van der Waals surface area contributed by atoms with Crippen LogP contribution in [0.25, 0.3) is 10.1 Å². The van der Waals surface area contributed by atoms with E-state index in [4.69, 9.17) is 0 Å². The van der Waals surface area contributed by atoms with Crippen LogP contribution < -0.4 is 5.32 Å². The Bertz CT molecular complexity index is 562. The molecule has 1 amide bonds. The van der Waals surface area contributed by atoms with Crippen molar-refractivity contribution in [3.63, 3.8) is 0 Å². The van der Waals surface area contributed by atoms with Gasteiger partial charge in [-0.2, -0.15) is 0 Å². The quantitative estimate of drug-likeness (QED) is 0.927. The molecule has 2 rings (SSSR count). The molecule has 0 radical (unpaired) electrons. The number of nitrogens with one attached hydrogen (secondary N) is 1. The molecule has 1 N–H and O–H groups in total. The predicted octanol–water partition coefficient (Wildman–Crippen LogP) is 3.12. The molecule has 17 heavy (non-hydrogen) atoms. The van der Waals surface area contributed by atoms with E-state index < -0.39 is 0 Å². The van der Waals surface area contributed by atoms with Crippen molar-refractivity contribution in [2.75, 3.05) is 11.1 Å². The maximum atomic E-state index is 11.5. The molecular formula is C12H11NO2S2. The molecule has 3 nitrogen and oxygen atoms in total. The number of thioether (sulfide) groups is 1. The minimum absolute atomic E-state index is 0.0477. The zero-order valence-electron chi connectivity index (χ0n) is 9.23. The standard InChI is InChI=1S/C12H11NO2S2/c1-8(14)17-7-12(15)13-10-2-3-11-9(6-10)4-5-16-11/h2-6H,7H2,1H3,(H,13,15). The van der Waals surface area contributed by atoms with Crippen molar-refractivity contribution in [2.24, 2.45) is 0 Å². The lowest BCUT2D eigenvalue weighted by molar-refractivity contribution is -0.114. The molecule has 0 aliphatic carbocycles. The van der Waals surface area contributed by atoms with Crippen molar-refractivity contribution in [1.29, 1.82) is 0 Å². The first-order valence-corrected chi connectivity index (χ1v) is 6.92. The van der Waals surface area contributed by atoms with Gasteiger partial charge in [0.1, 0.15) is 0 Å². The van der Waals surface area contributed by atoms with Gasteiger partial charge in [-0.15, -0.1) is 11.3 Å². The highest BCUT2D eigenvalue weighted by Gasteiger charge is 2.05. The molecule has 1 aromatic heterocycles. The van der Waals surface area contributed by atoms with Gasteiger partial charge in [-0.3, -0.25) is 9.59 Å². The van der Waals surface area contributed by atoms with Crippen LogP contribution in [0.3, 0.4) is 0 Å². The molecule has 0 atom stereocenters. The zero-order chi connectivity index (χ0) is 12.3. The van der Waals surface area contributed by atoms with Gasteiger partial charge in [0.05, 0.1) is 5.75 Å². The Morgan fingerprint density at radius 2 is 2.18 bits per heavy atom. The number of hydrogen-bond acceptors (Lipinski definition) is 4. The first-order chi connectivity index (χ1) is 8.15. The SMILES string of the molecule is CC(=O)SCC(=O)Nc1ccc2sccc2c1. The molecule has 0 aliphatic heterocycles. The molecule has 5 heteroatoms. The van der Waals surface area contributed by atoms with Crippen LogP contribution in [0.2, 0.25) is 0 Å². The molecule has 2 aromatic rings. The summed E-state index contributed by atoms with van der Waals surface area (Å²) in [7, 11) is 0. The molecule has 0 fully saturated rings. The largest absolute Gasteiger partial charge is 0.325 e. The molecule has 1 heterocycles. The van der Waals surface area contributed by atoms with Crippen molar-refractivity contribution < 1.29 is 9.59 Å². The average Bonchev–Trinajstić information content (AvgIpc) is 2.73. The molecule has 0 saturated carbocycles. The average molecular weight is 265 g/mol. The van der Waals surface area contributed by atoms with Crippen LogP contribution in [0.5, 0.6) is 0 Å². The van der Waals surface area contributed by atoms with E-state index in [0.29, 0.717) is 0 Å². The van der Waals surface area contributed by atoms with E-state index in [2.05, 4.69) is 5.32 Å². The van der Waals surface area contributed by atoms with Crippen molar-refractivity contribution >= 4 is 49.9 Å². The van der Waals surface area contributed by atoms with Crippen molar-refractivity contribution in [1.82, 2.24) is 0 Å². The van der Waals surface area contributed by atoms with E-state index in [1.165, 1.54) is 11.6 Å². The van der Waals surface area contributed by atoms with Crippen LogP contribution >= 0.6 is 23.1 Å². The summed E-state index contributed by atoms with van der Waals surface area (Å²) in [6.07, 6.45) is 0. The van der Waals surface area contributed by atoms with Crippen LogP contribution in [0.15, 0.2) is 29.6 Å². The fourth-order valence-electron chi connectivity index (χ4n) is 1.41. The zero-order valence-corrected chi connectivity index (χ0v) is 10.9. The Morgan fingerprint density at radius 3 is 2.94 bits per heavy atom. The highest BCUT2D eigenvalue weighted by Crippen LogP contribution is 2.24. The Balaban J connectivity index is 2.02. The summed E-state index contributed by atoms with van der Waals surface area (Å²) in [4.78, 5) is 22.2. The third-order valence-corrected chi connectivity index (χ3v) is 3.85. The fraction of sp³-hybridized carbons (Fsp3) is 0.167. The topological polar surface area (TPSA) is 46.2 Å². The minimum Gasteiger partial charge on any atom is -0.325 e. The van der Waals surface area contributed by atoms with Gasteiger partial charge < -0.3 is 5.32 Å². The maximum absolute atomic E-state index is 11.5. The summed E-state index contributed by atoms with van der Waals surface area (Å²) in [5.41, 5.74) is 0.769. The number of carbonyl (C=O) groups excluding carboxylic acids is 2. The van der Waals surface area contributed by atoms with E-state index in [-0.39, 0.29) is 16.8 Å². The molecule has 0 spiro atoms. The van der Waals surface area contributed by atoms with Gasteiger partial charge in [0.15, 0.2) is 5.12 Å². The van der Waals surface area contributed by atoms with E-state index in [1.807, 2.05) is 29.6 Å². The summed E-state index contributed by atoms with van der Waals surface area (Å²) in [5.74, 6) is 0.0107. The van der Waals surface area contributed by atoms with E-state index in [1.54, 1.807) is 11.3 Å². The van der Waals surface area contributed by atoms with E-state index >= 15 is 0 Å². The van der Waals surface area contributed by atoms with Gasteiger partial charge in [0, 0.05) is 17.3 Å². The van der Waals surface area contributed by atoms with Gasteiger partial charge in [0.25, 0.3) is 0 Å². The van der Waals surface area contributed by atoms with Crippen molar-refractivity contribution in [2.45, 2.75) is 6.92 Å². The molecule has 1 aromatic carbocycles. The number of amides is 1. The number of thiophene rings is 1. The van der Waals surface area contributed by atoms with Crippen molar-refractivity contribution in [3.05, 3.63) is 29.6 Å². The van der Waals surface area contributed by atoms with Gasteiger partial charge in [-0.1, -0.05) is 11.8 Å². The van der Waals surface area contributed by atoms with Gasteiger partial charge in [-0.25, -0.2) is 0 Å². The van der Waals surface area contributed by atoms with Crippen LogP contribution in [0.4, 0.5) is 5.69 Å². The summed E-state index contributed by atoms with van der Waals surface area (Å²) in [6.45, 7) is 1.45. The second kappa shape index (κ2) is 5.33. The molecule has 0 unspecified atom stereocenters. The predicted molar refractivity (Wildman–Crippen MR) is 73.6 cm³/mol. The summed E-state index contributed by atoms with van der Waals surface area (Å²) >= 11 is 2.68. The van der Waals surface area contributed by atoms with E-state index in [9.17, 15) is 9.59 Å². The smallest absolute Gasteiger partial charge is 0.234 e. The highest BCUT2D eigenvalue weighted by molar-refractivity contribution is 8.14. The number of rotatable bonds is 3. The fourth-order valence-corrected chi connectivity index (χ4v) is 2.59. The van der Waals surface area contributed by atoms with Gasteiger partial charge in [0.2, 0.25) is 5.91 Å². The van der Waals surface area contributed by atoms with Crippen LogP contribution in [-0.2, 0) is 9.59 Å². The Morgan fingerprint density at radius 1 is 1.35 bits per heavy atom. The first-order valence-electron chi connectivity index (χ1n) is 5.05. The van der Waals surface area contributed by atoms with E-state index in [0.717, 1.165) is 22.8 Å². The number of hydrogen-bond donors (Lipinski definition) is 1. The highest BCUT2D eigenvalue weighted by atomic mass is 32.2. The summed E-state index contributed by atoms with van der Waals surface area (Å²) in [6, 6.07) is 7.80. The third kappa shape index (κ3) is 3.31. The van der Waals surface area contributed by atoms with Crippen LogP contribution in [0.1, 0.15) is 6.92 Å². The second-order valence-electron chi connectivity index (χ2n) is 3.50. The molecular weight excluding hydrogens is 254 g/mol. The minimum atomic E-state index is -0.153. The molecule has 0 aliphatic rings. The van der Waals surface area contributed by atoms with Crippen LogP contribution in [0, 0.1) is 0 Å². The Kier molecular flexibility index (Phi) is 3.81.